The van der Waals surface area contributed by atoms with Gasteiger partial charge in [0.15, 0.2) is 0 Å². The Balaban J connectivity index is 1.60. The molecule has 0 unspecified atom stereocenters. The minimum Gasteiger partial charge on any atom is -0.342 e. The molecule has 4 nitrogen and oxygen atoms in total. The number of carbonyl (C=O) groups excluding carboxylic acids is 1. The summed E-state index contributed by atoms with van der Waals surface area (Å²) < 4.78 is 14.6. The van der Waals surface area contributed by atoms with Crippen molar-refractivity contribution in [3.63, 3.8) is 0 Å². The van der Waals surface area contributed by atoms with Gasteiger partial charge in [-0.1, -0.05) is 17.7 Å². The first-order valence-corrected chi connectivity index (χ1v) is 8.70. The van der Waals surface area contributed by atoms with Gasteiger partial charge in [-0.2, -0.15) is 0 Å². The third kappa shape index (κ3) is 4.10. The number of piperidine rings is 1. The van der Waals surface area contributed by atoms with Crippen molar-refractivity contribution in [1.82, 2.24) is 9.47 Å². The Bertz CT molecular complexity index is 842. The van der Waals surface area contributed by atoms with E-state index in [0.29, 0.717) is 24.6 Å². The average Bonchev–Trinajstić information content (AvgIpc) is 2.60. The molecule has 1 fully saturated rings. The minimum atomic E-state index is -0.406. The molecule has 2 aromatic rings. The molecule has 1 amide bonds. The van der Waals surface area contributed by atoms with E-state index in [1.165, 1.54) is 12.1 Å². The van der Waals surface area contributed by atoms with Gasteiger partial charge in [-0.25, -0.2) is 4.39 Å². The van der Waals surface area contributed by atoms with Crippen LogP contribution in [0.5, 0.6) is 0 Å². The summed E-state index contributed by atoms with van der Waals surface area (Å²) in [6.45, 7) is 1.30. The van der Waals surface area contributed by atoms with Crippen molar-refractivity contribution in [1.29, 1.82) is 0 Å². The number of hydrogen-bond acceptors (Lipinski definition) is 2. The molecule has 25 heavy (non-hydrogen) atoms. The van der Waals surface area contributed by atoms with E-state index in [1.54, 1.807) is 29.9 Å². The molecule has 1 saturated heterocycles. The highest BCUT2D eigenvalue weighted by atomic mass is 35.5. The Morgan fingerprint density at radius 3 is 2.60 bits per heavy atom. The number of aromatic nitrogens is 1. The van der Waals surface area contributed by atoms with Gasteiger partial charge in [0.05, 0.1) is 6.42 Å². The summed E-state index contributed by atoms with van der Waals surface area (Å²) in [6, 6.07) is 7.76. The number of nitrogens with zero attached hydrogens (tertiary/aromatic N) is 2. The van der Waals surface area contributed by atoms with Crippen molar-refractivity contribution >= 4 is 17.5 Å². The van der Waals surface area contributed by atoms with E-state index in [4.69, 9.17) is 11.6 Å². The standard InChI is InChI=1S/C19H20ClFN2O2/c1-22-7-4-14(10-18(22)24)13-5-8-23(9-6-13)19(25)11-15-2-3-16(21)12-17(15)20/h2-4,7,10,12-13H,5-6,8-9,11H2,1H3. The zero-order chi connectivity index (χ0) is 18.0. The maximum Gasteiger partial charge on any atom is 0.250 e. The molecule has 132 valence electrons. The number of carbonyl (C=O) groups is 1. The second-order valence-corrected chi connectivity index (χ2v) is 6.88. The Morgan fingerprint density at radius 2 is 1.96 bits per heavy atom. The summed E-state index contributed by atoms with van der Waals surface area (Å²) in [6.07, 6.45) is 3.62. The quantitative estimate of drug-likeness (QED) is 0.841. The van der Waals surface area contributed by atoms with Crippen molar-refractivity contribution in [2.24, 2.45) is 7.05 Å². The van der Waals surface area contributed by atoms with Crippen molar-refractivity contribution < 1.29 is 9.18 Å². The summed E-state index contributed by atoms with van der Waals surface area (Å²) in [7, 11) is 1.73. The zero-order valence-corrected chi connectivity index (χ0v) is 14.8. The van der Waals surface area contributed by atoms with Crippen molar-refractivity contribution in [3.05, 3.63) is 68.8 Å². The zero-order valence-electron chi connectivity index (χ0n) is 14.0. The van der Waals surface area contributed by atoms with Gasteiger partial charge in [0.1, 0.15) is 5.82 Å². The van der Waals surface area contributed by atoms with Crippen molar-refractivity contribution in [2.75, 3.05) is 13.1 Å². The van der Waals surface area contributed by atoms with Crippen LogP contribution in [0.4, 0.5) is 4.39 Å². The molecule has 0 bridgehead atoms. The van der Waals surface area contributed by atoms with Gasteiger partial charge in [0.25, 0.3) is 5.56 Å². The van der Waals surface area contributed by atoms with Gasteiger partial charge in [-0.3, -0.25) is 9.59 Å². The van der Waals surface area contributed by atoms with E-state index in [9.17, 15) is 14.0 Å². The van der Waals surface area contributed by atoms with E-state index < -0.39 is 5.82 Å². The first-order valence-electron chi connectivity index (χ1n) is 8.32. The van der Waals surface area contributed by atoms with Crippen LogP contribution in [0.3, 0.4) is 0 Å². The topological polar surface area (TPSA) is 42.3 Å². The van der Waals surface area contributed by atoms with Crippen LogP contribution < -0.4 is 5.56 Å². The van der Waals surface area contributed by atoms with E-state index in [0.717, 1.165) is 18.4 Å². The Hall–Kier alpha value is -2.14. The summed E-state index contributed by atoms with van der Waals surface area (Å²) in [4.78, 5) is 26.1. The lowest BCUT2D eigenvalue weighted by Gasteiger charge is -2.32. The first-order chi connectivity index (χ1) is 11.9. The summed E-state index contributed by atoms with van der Waals surface area (Å²) in [5.41, 5.74) is 1.67. The number of aryl methyl sites for hydroxylation is 1. The van der Waals surface area contributed by atoms with E-state index in [-0.39, 0.29) is 22.9 Å². The lowest BCUT2D eigenvalue weighted by Crippen LogP contribution is -2.39. The maximum absolute atomic E-state index is 13.1. The lowest BCUT2D eigenvalue weighted by molar-refractivity contribution is -0.131. The maximum atomic E-state index is 13.1. The molecule has 0 aliphatic carbocycles. The number of halogens is 2. The third-order valence-corrected chi connectivity index (χ3v) is 5.16. The van der Waals surface area contributed by atoms with Crippen LogP contribution in [0.2, 0.25) is 5.02 Å². The highest BCUT2D eigenvalue weighted by Gasteiger charge is 2.24. The summed E-state index contributed by atoms with van der Waals surface area (Å²) in [5.74, 6) is -0.112. The van der Waals surface area contributed by atoms with Crippen LogP contribution in [0.25, 0.3) is 0 Å². The Labute approximate surface area is 150 Å². The normalized spacial score (nSPS) is 15.4. The third-order valence-electron chi connectivity index (χ3n) is 4.80. The molecule has 0 radical (unpaired) electrons. The molecule has 0 N–H and O–H groups in total. The molecule has 2 heterocycles. The van der Waals surface area contributed by atoms with Gasteiger partial charge in [0.2, 0.25) is 5.91 Å². The molecular weight excluding hydrogens is 343 g/mol. The molecule has 6 heteroatoms. The van der Waals surface area contributed by atoms with Crippen molar-refractivity contribution in [2.45, 2.75) is 25.2 Å². The number of benzene rings is 1. The second-order valence-electron chi connectivity index (χ2n) is 6.48. The molecule has 1 aromatic carbocycles. The van der Waals surface area contributed by atoms with E-state index in [2.05, 4.69) is 0 Å². The molecule has 0 saturated carbocycles. The fraction of sp³-hybridized carbons (Fsp3) is 0.368. The Kier molecular flexibility index (Phi) is 5.23. The molecule has 0 spiro atoms. The SMILES string of the molecule is Cn1ccc(C2CCN(C(=O)Cc3ccc(F)cc3Cl)CC2)cc1=O. The van der Waals surface area contributed by atoms with E-state index in [1.807, 2.05) is 11.0 Å². The fourth-order valence-corrected chi connectivity index (χ4v) is 3.45. The molecular formula is C19H20ClFN2O2. The minimum absolute atomic E-state index is 0.00377. The predicted molar refractivity (Wildman–Crippen MR) is 95.4 cm³/mol. The van der Waals surface area contributed by atoms with Gasteiger partial charge in [-0.15, -0.1) is 0 Å². The van der Waals surface area contributed by atoms with Crippen LogP contribution in [0.15, 0.2) is 41.3 Å². The molecule has 3 rings (SSSR count). The smallest absolute Gasteiger partial charge is 0.250 e. The Morgan fingerprint density at radius 1 is 1.24 bits per heavy atom. The van der Waals surface area contributed by atoms with Gasteiger partial charge < -0.3 is 9.47 Å². The van der Waals surface area contributed by atoms with Crippen LogP contribution in [-0.4, -0.2) is 28.5 Å². The number of hydrogen-bond donors (Lipinski definition) is 0. The summed E-state index contributed by atoms with van der Waals surface area (Å²) in [5, 5.41) is 0.281. The largest absolute Gasteiger partial charge is 0.342 e. The molecule has 0 atom stereocenters. The number of amides is 1. The predicted octanol–water partition coefficient (Wildman–Crippen LogP) is 3.13. The highest BCUT2D eigenvalue weighted by Crippen LogP contribution is 2.28. The lowest BCUT2D eigenvalue weighted by atomic mass is 9.90. The van der Waals surface area contributed by atoms with Gasteiger partial charge in [-0.05, 0) is 48.1 Å². The average molecular weight is 363 g/mol. The number of pyridine rings is 1. The first kappa shape index (κ1) is 17.7. The van der Waals surface area contributed by atoms with Gasteiger partial charge >= 0.3 is 0 Å². The molecule has 1 aliphatic heterocycles. The van der Waals surface area contributed by atoms with Crippen LogP contribution in [-0.2, 0) is 18.3 Å². The van der Waals surface area contributed by atoms with Crippen LogP contribution in [0.1, 0.15) is 29.9 Å². The van der Waals surface area contributed by atoms with Gasteiger partial charge in [0, 0.05) is 37.4 Å². The molecule has 1 aliphatic rings. The number of rotatable bonds is 3. The monoisotopic (exact) mass is 362 g/mol. The second kappa shape index (κ2) is 7.40. The number of likely N-dealkylation sites (tertiary alicyclic amines) is 1. The highest BCUT2D eigenvalue weighted by molar-refractivity contribution is 6.31. The van der Waals surface area contributed by atoms with Crippen LogP contribution in [0, 0.1) is 5.82 Å². The summed E-state index contributed by atoms with van der Waals surface area (Å²) >= 11 is 6.00. The van der Waals surface area contributed by atoms with E-state index >= 15 is 0 Å². The molecule has 1 aromatic heterocycles. The van der Waals surface area contributed by atoms with Crippen LogP contribution >= 0.6 is 11.6 Å². The fourth-order valence-electron chi connectivity index (χ4n) is 3.22. The van der Waals surface area contributed by atoms with Crippen molar-refractivity contribution in [3.8, 4) is 0 Å².